The Morgan fingerprint density at radius 1 is 1.78 bits per heavy atom. The smallest absolute Gasteiger partial charge is 0.132 e. The largest absolute Gasteiger partial charge is 0.364 e. The van der Waals surface area contributed by atoms with Crippen LogP contribution in [0.5, 0.6) is 0 Å². The number of nitrogens with two attached hydrogens (primary N) is 1. The zero-order valence-corrected chi connectivity index (χ0v) is 5.72. The predicted octanol–water partition coefficient (Wildman–Crippen LogP) is -0.861. The van der Waals surface area contributed by atoms with Crippen molar-refractivity contribution >= 4 is 0 Å². The number of methoxy groups -OCH3 is 1. The van der Waals surface area contributed by atoms with Crippen molar-refractivity contribution < 1.29 is 4.74 Å². The summed E-state index contributed by atoms with van der Waals surface area (Å²) < 4.78 is 4.77. The van der Waals surface area contributed by atoms with Crippen molar-refractivity contribution in [3.05, 3.63) is 0 Å². The Morgan fingerprint density at radius 3 is 2.44 bits per heavy atom. The first-order chi connectivity index (χ1) is 4.26. The van der Waals surface area contributed by atoms with Gasteiger partial charge in [0.15, 0.2) is 0 Å². The molecule has 0 heterocycles. The molecule has 0 rings (SSSR count). The molecular formula is C6H12N2O. The molecular weight excluding hydrogens is 116 g/mol. The third-order valence-electron chi connectivity index (χ3n) is 1.09. The van der Waals surface area contributed by atoms with Gasteiger partial charge < -0.3 is 15.8 Å². The monoisotopic (exact) mass is 128 g/mol. The fraction of sp³-hybridized carbons (Fsp3) is 0.667. The van der Waals surface area contributed by atoms with E-state index >= 15 is 0 Å². The first-order valence-corrected chi connectivity index (χ1v) is 2.68. The van der Waals surface area contributed by atoms with Gasteiger partial charge in [0, 0.05) is 7.11 Å². The summed E-state index contributed by atoms with van der Waals surface area (Å²) in [5.74, 6) is 2.44. The van der Waals surface area contributed by atoms with Crippen LogP contribution < -0.4 is 11.1 Å². The molecule has 52 valence electrons. The van der Waals surface area contributed by atoms with Gasteiger partial charge in [-0.1, -0.05) is 5.92 Å². The molecule has 2 atom stereocenters. The lowest BCUT2D eigenvalue weighted by molar-refractivity contribution is 0.0922. The molecule has 0 aliphatic rings. The van der Waals surface area contributed by atoms with Crippen molar-refractivity contribution in [1.82, 2.24) is 5.32 Å². The van der Waals surface area contributed by atoms with Crippen LogP contribution in [-0.4, -0.2) is 26.4 Å². The Labute approximate surface area is 55.6 Å². The van der Waals surface area contributed by atoms with E-state index in [0.717, 1.165) is 0 Å². The van der Waals surface area contributed by atoms with Gasteiger partial charge in [0.25, 0.3) is 0 Å². The second-order valence-electron chi connectivity index (χ2n) is 1.63. The number of hydrogen-bond acceptors (Lipinski definition) is 3. The molecule has 0 aliphatic heterocycles. The maximum atomic E-state index is 5.41. The van der Waals surface area contributed by atoms with E-state index in [1.165, 1.54) is 7.11 Å². The van der Waals surface area contributed by atoms with Gasteiger partial charge in [-0.2, -0.15) is 0 Å². The van der Waals surface area contributed by atoms with Crippen LogP contribution in [0, 0.1) is 12.3 Å². The van der Waals surface area contributed by atoms with Crippen LogP contribution >= 0.6 is 0 Å². The molecule has 3 N–H and O–H groups in total. The van der Waals surface area contributed by atoms with Crippen molar-refractivity contribution in [3.8, 4) is 12.3 Å². The topological polar surface area (TPSA) is 47.3 Å². The summed E-state index contributed by atoms with van der Waals surface area (Å²) in [5, 5.41) is 2.82. The van der Waals surface area contributed by atoms with E-state index in [2.05, 4.69) is 11.2 Å². The third-order valence-corrected chi connectivity index (χ3v) is 1.09. The normalized spacial score (nSPS) is 16.2. The van der Waals surface area contributed by atoms with Crippen molar-refractivity contribution in [2.24, 2.45) is 5.73 Å². The maximum Gasteiger partial charge on any atom is 0.132 e. The molecule has 0 bridgehead atoms. The van der Waals surface area contributed by atoms with Crippen LogP contribution in [0.1, 0.15) is 0 Å². The molecule has 0 saturated carbocycles. The van der Waals surface area contributed by atoms with Crippen LogP contribution in [0.15, 0.2) is 0 Å². The summed E-state index contributed by atoms with van der Waals surface area (Å²) in [6.45, 7) is 0. The molecule has 0 radical (unpaired) electrons. The zero-order chi connectivity index (χ0) is 7.28. The Hall–Kier alpha value is -0.560. The second kappa shape index (κ2) is 4.33. The van der Waals surface area contributed by atoms with Gasteiger partial charge in [0.2, 0.25) is 0 Å². The molecule has 1 unspecified atom stereocenters. The highest BCUT2D eigenvalue weighted by atomic mass is 16.5. The van der Waals surface area contributed by atoms with Crippen molar-refractivity contribution in [2.45, 2.75) is 12.3 Å². The van der Waals surface area contributed by atoms with Crippen LogP contribution in [0.25, 0.3) is 0 Å². The zero-order valence-electron chi connectivity index (χ0n) is 5.72. The minimum atomic E-state index is -0.417. The van der Waals surface area contributed by atoms with E-state index in [1.807, 2.05) is 0 Å². The molecule has 9 heavy (non-hydrogen) atoms. The van der Waals surface area contributed by atoms with Crippen molar-refractivity contribution in [1.29, 1.82) is 0 Å². The van der Waals surface area contributed by atoms with Gasteiger partial charge >= 0.3 is 0 Å². The number of terminal acetylenes is 1. The first kappa shape index (κ1) is 8.44. The van der Waals surface area contributed by atoms with Gasteiger partial charge in [-0.25, -0.2) is 0 Å². The summed E-state index contributed by atoms with van der Waals surface area (Å²) in [7, 11) is 3.26. The van der Waals surface area contributed by atoms with Crippen LogP contribution in [0.3, 0.4) is 0 Å². The predicted molar refractivity (Wildman–Crippen MR) is 36.7 cm³/mol. The molecule has 3 nitrogen and oxygen atoms in total. The second-order valence-corrected chi connectivity index (χ2v) is 1.63. The number of rotatable bonds is 3. The molecule has 3 heteroatoms. The molecule has 0 amide bonds. The number of hydrogen-bond donors (Lipinski definition) is 2. The molecule has 0 fully saturated rings. The minimum Gasteiger partial charge on any atom is -0.364 e. The Bertz CT molecular complexity index is 108. The fourth-order valence-electron chi connectivity index (χ4n) is 0.479. The SMILES string of the molecule is C#C[C@H](NC)C(N)OC. The minimum absolute atomic E-state index is 0.199. The van der Waals surface area contributed by atoms with E-state index in [0.29, 0.717) is 0 Å². The lowest BCUT2D eigenvalue weighted by Crippen LogP contribution is -2.43. The third kappa shape index (κ3) is 2.47. The fourth-order valence-corrected chi connectivity index (χ4v) is 0.479. The molecule has 0 aliphatic carbocycles. The Kier molecular flexibility index (Phi) is 4.06. The van der Waals surface area contributed by atoms with Crippen molar-refractivity contribution in [2.75, 3.05) is 14.2 Å². The highest BCUT2D eigenvalue weighted by Gasteiger charge is 2.09. The number of likely N-dealkylation sites (N-methyl/N-ethyl adjacent to an activating group) is 1. The van der Waals surface area contributed by atoms with Gasteiger partial charge in [0.05, 0.1) is 0 Å². The molecule has 0 aromatic heterocycles. The average Bonchev–Trinajstić information content (AvgIpc) is 1.90. The maximum absolute atomic E-state index is 5.41. The summed E-state index contributed by atoms with van der Waals surface area (Å²) in [4.78, 5) is 0. The average molecular weight is 128 g/mol. The highest BCUT2D eigenvalue weighted by Crippen LogP contribution is 1.86. The highest BCUT2D eigenvalue weighted by molar-refractivity contribution is 5.00. The molecule has 0 spiro atoms. The van der Waals surface area contributed by atoms with Crippen molar-refractivity contribution in [3.63, 3.8) is 0 Å². The summed E-state index contributed by atoms with van der Waals surface area (Å²) in [6, 6.07) is -0.199. The molecule has 0 aromatic rings. The van der Waals surface area contributed by atoms with Crippen LogP contribution in [0.2, 0.25) is 0 Å². The first-order valence-electron chi connectivity index (χ1n) is 2.68. The van der Waals surface area contributed by atoms with E-state index in [1.54, 1.807) is 7.05 Å². The molecule has 0 saturated heterocycles. The number of nitrogens with one attached hydrogen (secondary N) is 1. The molecule has 0 aromatic carbocycles. The summed E-state index contributed by atoms with van der Waals surface area (Å²) in [5.41, 5.74) is 5.41. The van der Waals surface area contributed by atoms with Crippen LogP contribution in [-0.2, 0) is 4.74 Å². The standard InChI is InChI=1S/C6H12N2O/c1-4-5(8-2)6(7)9-3/h1,5-6,8H,7H2,2-3H3/t5-,6?/m0/s1. The summed E-state index contributed by atoms with van der Waals surface area (Å²) >= 11 is 0. The number of ether oxygens (including phenoxy) is 1. The van der Waals surface area contributed by atoms with E-state index < -0.39 is 6.23 Å². The van der Waals surface area contributed by atoms with Crippen LogP contribution in [0.4, 0.5) is 0 Å². The Morgan fingerprint density at radius 2 is 2.33 bits per heavy atom. The van der Waals surface area contributed by atoms with Gasteiger partial charge in [-0.05, 0) is 7.05 Å². The lowest BCUT2D eigenvalue weighted by atomic mass is 10.3. The quantitative estimate of drug-likeness (QED) is 0.384. The summed E-state index contributed by atoms with van der Waals surface area (Å²) in [6.07, 6.45) is 4.67. The van der Waals surface area contributed by atoms with Gasteiger partial charge in [-0.3, -0.25) is 0 Å². The van der Waals surface area contributed by atoms with Gasteiger partial charge in [-0.15, -0.1) is 6.42 Å². The van der Waals surface area contributed by atoms with E-state index in [-0.39, 0.29) is 6.04 Å². The van der Waals surface area contributed by atoms with Gasteiger partial charge in [0.1, 0.15) is 12.3 Å². The Balaban J connectivity index is 3.68. The van der Waals surface area contributed by atoms with E-state index in [9.17, 15) is 0 Å². The lowest BCUT2D eigenvalue weighted by Gasteiger charge is -2.15. The van der Waals surface area contributed by atoms with E-state index in [4.69, 9.17) is 16.9 Å².